The molecule has 124 valence electrons. The number of hydrogen-bond donors (Lipinski definition) is 1. The van der Waals surface area contributed by atoms with E-state index >= 15 is 0 Å². The van der Waals surface area contributed by atoms with Crippen molar-refractivity contribution < 1.29 is 4.79 Å². The zero-order valence-electron chi connectivity index (χ0n) is 13.7. The minimum Gasteiger partial charge on any atom is -0.350 e. The van der Waals surface area contributed by atoms with Crippen molar-refractivity contribution in [1.29, 1.82) is 0 Å². The molecule has 0 saturated heterocycles. The molecule has 0 atom stereocenters. The molecule has 0 radical (unpaired) electrons. The molecule has 1 amide bonds. The highest BCUT2D eigenvalue weighted by Crippen LogP contribution is 2.14. The largest absolute Gasteiger partial charge is 0.350 e. The molecule has 0 fully saturated rings. The lowest BCUT2D eigenvalue weighted by Crippen LogP contribution is -2.26. The number of fused-ring (bicyclic) bond motifs is 1. The second kappa shape index (κ2) is 6.65. The Balaban J connectivity index is 1.45. The summed E-state index contributed by atoms with van der Waals surface area (Å²) in [5, 5.41) is 7.33. The lowest BCUT2D eigenvalue weighted by Gasteiger charge is -2.04. The molecule has 5 heteroatoms. The number of rotatable bonds is 5. The number of nitrogens with one attached hydrogen (secondary N) is 1. The van der Waals surface area contributed by atoms with Crippen molar-refractivity contribution in [3.8, 4) is 5.82 Å². The second-order valence-electron chi connectivity index (χ2n) is 5.82. The van der Waals surface area contributed by atoms with Crippen molar-refractivity contribution in [2.45, 2.75) is 6.42 Å². The van der Waals surface area contributed by atoms with Gasteiger partial charge in [0.05, 0.1) is 0 Å². The van der Waals surface area contributed by atoms with Crippen LogP contribution in [0.2, 0.25) is 0 Å². The molecule has 1 aromatic carbocycles. The monoisotopic (exact) mass is 330 g/mol. The summed E-state index contributed by atoms with van der Waals surface area (Å²) < 4.78 is 3.75. The summed E-state index contributed by atoms with van der Waals surface area (Å²) in [6.07, 6.45) is 4.59. The van der Waals surface area contributed by atoms with Gasteiger partial charge in [-0.25, -0.2) is 4.68 Å². The van der Waals surface area contributed by atoms with Crippen LogP contribution in [0.25, 0.3) is 11.3 Å². The molecule has 0 bridgehead atoms. The second-order valence-corrected chi connectivity index (χ2v) is 5.82. The standard InChI is InChI=1S/C20H18N4O/c25-20(21-13-11-16-6-2-1-3-7-16)18-12-15-24(22-18)19-10-9-17-8-4-5-14-23(17)19/h1-10,12,14-15H,11,13H2,(H,21,25). The van der Waals surface area contributed by atoms with Crippen LogP contribution < -0.4 is 5.32 Å². The first-order valence-corrected chi connectivity index (χ1v) is 8.25. The van der Waals surface area contributed by atoms with Crippen molar-refractivity contribution in [1.82, 2.24) is 19.5 Å². The van der Waals surface area contributed by atoms with Crippen LogP contribution in [-0.4, -0.2) is 26.6 Å². The van der Waals surface area contributed by atoms with Crippen molar-refractivity contribution in [2.24, 2.45) is 0 Å². The maximum Gasteiger partial charge on any atom is 0.271 e. The number of benzene rings is 1. The van der Waals surface area contributed by atoms with Gasteiger partial charge in [0.1, 0.15) is 5.82 Å². The minimum absolute atomic E-state index is 0.157. The quantitative estimate of drug-likeness (QED) is 0.611. The summed E-state index contributed by atoms with van der Waals surface area (Å²) in [5.41, 5.74) is 2.70. The topological polar surface area (TPSA) is 51.3 Å². The van der Waals surface area contributed by atoms with Crippen molar-refractivity contribution in [3.05, 3.63) is 90.4 Å². The third kappa shape index (κ3) is 3.17. The van der Waals surface area contributed by atoms with E-state index in [-0.39, 0.29) is 5.91 Å². The number of pyridine rings is 1. The van der Waals surface area contributed by atoms with Gasteiger partial charge in [0.15, 0.2) is 5.69 Å². The Bertz CT molecular complexity index is 1000. The van der Waals surface area contributed by atoms with Gasteiger partial charge in [-0.3, -0.25) is 4.79 Å². The van der Waals surface area contributed by atoms with Gasteiger partial charge in [-0.05, 0) is 42.3 Å². The molecule has 0 spiro atoms. The van der Waals surface area contributed by atoms with Gasteiger partial charge in [0.25, 0.3) is 5.91 Å². The van der Waals surface area contributed by atoms with Gasteiger partial charge in [-0.15, -0.1) is 0 Å². The SMILES string of the molecule is O=C(NCCc1ccccc1)c1ccn(-c2ccc3ccccn23)n1. The van der Waals surface area contributed by atoms with Gasteiger partial charge in [-0.1, -0.05) is 36.4 Å². The lowest BCUT2D eigenvalue weighted by atomic mass is 10.1. The van der Waals surface area contributed by atoms with Gasteiger partial charge < -0.3 is 9.72 Å². The number of amides is 1. The van der Waals surface area contributed by atoms with E-state index in [9.17, 15) is 4.79 Å². The van der Waals surface area contributed by atoms with Crippen LogP contribution in [0.5, 0.6) is 0 Å². The van der Waals surface area contributed by atoms with E-state index < -0.39 is 0 Å². The lowest BCUT2D eigenvalue weighted by molar-refractivity contribution is 0.0948. The Morgan fingerprint density at radius 3 is 2.64 bits per heavy atom. The zero-order valence-corrected chi connectivity index (χ0v) is 13.7. The average molecular weight is 330 g/mol. The summed E-state index contributed by atoms with van der Waals surface area (Å²) in [6.45, 7) is 0.587. The molecule has 5 nitrogen and oxygen atoms in total. The predicted molar refractivity (Wildman–Crippen MR) is 97.0 cm³/mol. The van der Waals surface area contributed by atoms with Crippen molar-refractivity contribution in [2.75, 3.05) is 6.54 Å². The van der Waals surface area contributed by atoms with Crippen LogP contribution in [0.1, 0.15) is 16.1 Å². The van der Waals surface area contributed by atoms with Crippen LogP contribution in [0.15, 0.2) is 79.1 Å². The van der Waals surface area contributed by atoms with Crippen LogP contribution >= 0.6 is 0 Å². The highest BCUT2D eigenvalue weighted by Gasteiger charge is 2.11. The Morgan fingerprint density at radius 2 is 1.76 bits per heavy atom. The van der Waals surface area contributed by atoms with Gasteiger partial charge in [-0.2, -0.15) is 5.10 Å². The number of aromatic nitrogens is 3. The molecule has 4 aromatic rings. The Labute approximate surface area is 145 Å². The average Bonchev–Trinajstić information content (AvgIpc) is 3.29. The molecule has 3 aromatic heterocycles. The number of carbonyl (C=O) groups is 1. The smallest absolute Gasteiger partial charge is 0.271 e. The summed E-state index contributed by atoms with van der Waals surface area (Å²) in [7, 11) is 0. The Hall–Kier alpha value is -3.34. The van der Waals surface area contributed by atoms with Gasteiger partial charge in [0.2, 0.25) is 0 Å². The molecule has 25 heavy (non-hydrogen) atoms. The Morgan fingerprint density at radius 1 is 0.920 bits per heavy atom. The molecular weight excluding hydrogens is 312 g/mol. The molecule has 4 rings (SSSR count). The van der Waals surface area contributed by atoms with E-state index in [1.165, 1.54) is 5.56 Å². The van der Waals surface area contributed by atoms with Crippen LogP contribution in [0.3, 0.4) is 0 Å². The molecule has 0 aliphatic carbocycles. The molecule has 0 saturated carbocycles. The fourth-order valence-electron chi connectivity index (χ4n) is 2.86. The maximum absolute atomic E-state index is 12.3. The first-order chi connectivity index (χ1) is 12.3. The van der Waals surface area contributed by atoms with Crippen LogP contribution in [-0.2, 0) is 6.42 Å². The normalized spacial score (nSPS) is 10.9. The minimum atomic E-state index is -0.157. The van der Waals surface area contributed by atoms with Gasteiger partial charge in [0, 0.05) is 24.5 Å². The number of carbonyl (C=O) groups excluding carboxylic acids is 1. The zero-order chi connectivity index (χ0) is 17.1. The fourth-order valence-corrected chi connectivity index (χ4v) is 2.86. The van der Waals surface area contributed by atoms with Crippen molar-refractivity contribution >= 4 is 11.4 Å². The number of hydrogen-bond acceptors (Lipinski definition) is 2. The van der Waals surface area contributed by atoms with E-state index in [2.05, 4.69) is 22.5 Å². The maximum atomic E-state index is 12.3. The Kier molecular flexibility index (Phi) is 4.04. The van der Waals surface area contributed by atoms with E-state index in [1.807, 2.05) is 59.1 Å². The predicted octanol–water partition coefficient (Wildman–Crippen LogP) is 3.10. The first kappa shape index (κ1) is 15.2. The van der Waals surface area contributed by atoms with Gasteiger partial charge >= 0.3 is 0 Å². The van der Waals surface area contributed by atoms with Crippen LogP contribution in [0, 0.1) is 0 Å². The third-order valence-corrected chi connectivity index (χ3v) is 4.14. The van der Waals surface area contributed by atoms with Crippen LogP contribution in [0.4, 0.5) is 0 Å². The van der Waals surface area contributed by atoms with E-state index in [0.717, 1.165) is 17.8 Å². The third-order valence-electron chi connectivity index (χ3n) is 4.14. The van der Waals surface area contributed by atoms with E-state index in [0.29, 0.717) is 12.2 Å². The summed E-state index contributed by atoms with van der Waals surface area (Å²) >= 11 is 0. The molecule has 3 heterocycles. The molecule has 0 aliphatic rings. The fraction of sp³-hybridized carbons (Fsp3) is 0.100. The molecule has 0 unspecified atom stereocenters. The summed E-state index contributed by atoms with van der Waals surface area (Å²) in [5.74, 6) is 0.745. The molecular formula is C20H18N4O. The van der Waals surface area contributed by atoms with E-state index in [4.69, 9.17) is 0 Å². The molecule has 0 aliphatic heterocycles. The highest BCUT2D eigenvalue weighted by atomic mass is 16.1. The molecule has 1 N–H and O–H groups in total. The summed E-state index contributed by atoms with van der Waals surface area (Å²) in [6, 6.07) is 21.8. The number of nitrogens with zero attached hydrogens (tertiary/aromatic N) is 3. The highest BCUT2D eigenvalue weighted by molar-refractivity contribution is 5.92. The summed E-state index contributed by atoms with van der Waals surface area (Å²) in [4.78, 5) is 12.3. The first-order valence-electron chi connectivity index (χ1n) is 8.25. The van der Waals surface area contributed by atoms with Crippen molar-refractivity contribution in [3.63, 3.8) is 0 Å². The van der Waals surface area contributed by atoms with E-state index in [1.54, 1.807) is 16.9 Å².